The summed E-state index contributed by atoms with van der Waals surface area (Å²) in [6.45, 7) is 6.77. The van der Waals surface area contributed by atoms with E-state index in [4.69, 9.17) is 9.47 Å². The first-order chi connectivity index (χ1) is 12.6. The Morgan fingerprint density at radius 2 is 2.12 bits per heavy atom. The highest BCUT2D eigenvalue weighted by atomic mass is 19.1. The molecule has 0 aromatic carbocycles. The van der Waals surface area contributed by atoms with Gasteiger partial charge in [0.2, 0.25) is 5.88 Å². The van der Waals surface area contributed by atoms with Crippen LogP contribution in [-0.2, 0) is 17.8 Å². The Morgan fingerprint density at radius 1 is 1.31 bits per heavy atom. The van der Waals surface area contributed by atoms with E-state index in [0.29, 0.717) is 48.4 Å². The summed E-state index contributed by atoms with van der Waals surface area (Å²) in [5.74, 6) is 0.612. The van der Waals surface area contributed by atoms with E-state index >= 15 is 0 Å². The molecule has 26 heavy (non-hydrogen) atoms. The van der Waals surface area contributed by atoms with Crippen LogP contribution in [0.4, 0.5) is 4.39 Å². The Hall–Kier alpha value is -2.28. The second-order valence-electron chi connectivity index (χ2n) is 7.20. The van der Waals surface area contributed by atoms with E-state index in [1.54, 1.807) is 6.20 Å². The zero-order valence-electron chi connectivity index (χ0n) is 15.1. The second-order valence-corrected chi connectivity index (χ2v) is 7.20. The van der Waals surface area contributed by atoms with Gasteiger partial charge in [0.1, 0.15) is 11.9 Å². The number of ether oxygens (including phenoxy) is 2. The zero-order valence-corrected chi connectivity index (χ0v) is 15.1. The fraction of sp³-hybridized carbons (Fsp3) is 0.526. The van der Waals surface area contributed by atoms with Crippen LogP contribution in [0.25, 0.3) is 0 Å². The molecule has 2 aliphatic heterocycles. The minimum absolute atomic E-state index is 0.0383. The van der Waals surface area contributed by atoms with Crippen molar-refractivity contribution in [3.63, 3.8) is 0 Å². The Labute approximate surface area is 152 Å². The molecule has 138 valence electrons. The van der Waals surface area contributed by atoms with Crippen molar-refractivity contribution in [1.82, 2.24) is 14.8 Å². The first-order valence-electron chi connectivity index (χ1n) is 9.11. The summed E-state index contributed by atoms with van der Waals surface area (Å²) in [7, 11) is 0. The number of hydrogen-bond acceptors (Lipinski definition) is 5. The standard InChI is InChI=1S/C19H23FN4O2/c1-12(2)10-24-11-13(7-23-24)18-17-15(8-21-18)16(20)9-22-19(17)26-14-3-5-25-6-4-14/h7,9,11-12,14H,3-6,8,10H2,1-2H3. The molecule has 0 atom stereocenters. The van der Waals surface area contributed by atoms with Gasteiger partial charge in [0.25, 0.3) is 0 Å². The van der Waals surface area contributed by atoms with Crippen LogP contribution in [-0.4, -0.2) is 39.8 Å². The quantitative estimate of drug-likeness (QED) is 0.824. The molecule has 0 amide bonds. The predicted molar refractivity (Wildman–Crippen MR) is 95.1 cm³/mol. The molecule has 6 nitrogen and oxygen atoms in total. The number of aromatic nitrogens is 3. The maximum Gasteiger partial charge on any atom is 0.223 e. The van der Waals surface area contributed by atoms with Gasteiger partial charge in [-0.3, -0.25) is 9.67 Å². The molecule has 7 heteroatoms. The van der Waals surface area contributed by atoms with Gasteiger partial charge in [-0.2, -0.15) is 5.10 Å². The Balaban J connectivity index is 1.65. The molecular formula is C19H23FN4O2. The normalized spacial score (nSPS) is 17.5. The van der Waals surface area contributed by atoms with E-state index in [2.05, 4.69) is 28.9 Å². The van der Waals surface area contributed by atoms with Crippen molar-refractivity contribution in [2.24, 2.45) is 10.9 Å². The third kappa shape index (κ3) is 3.35. The average Bonchev–Trinajstić information content (AvgIpc) is 3.25. The van der Waals surface area contributed by atoms with Crippen LogP contribution in [0.1, 0.15) is 43.4 Å². The lowest BCUT2D eigenvalue weighted by atomic mass is 10.0. The second kappa shape index (κ2) is 7.15. The molecule has 0 N–H and O–H groups in total. The van der Waals surface area contributed by atoms with Crippen LogP contribution >= 0.6 is 0 Å². The number of fused-ring (bicyclic) bond motifs is 1. The maximum atomic E-state index is 14.3. The molecule has 2 aromatic heterocycles. The van der Waals surface area contributed by atoms with E-state index in [1.165, 1.54) is 6.20 Å². The smallest absolute Gasteiger partial charge is 0.223 e. The number of nitrogens with zero attached hydrogens (tertiary/aromatic N) is 4. The van der Waals surface area contributed by atoms with E-state index in [9.17, 15) is 4.39 Å². The highest BCUT2D eigenvalue weighted by Crippen LogP contribution is 2.32. The number of hydrogen-bond donors (Lipinski definition) is 0. The van der Waals surface area contributed by atoms with Gasteiger partial charge in [0.05, 0.1) is 43.4 Å². The van der Waals surface area contributed by atoms with Gasteiger partial charge in [-0.15, -0.1) is 0 Å². The molecule has 1 fully saturated rings. The monoisotopic (exact) mass is 358 g/mol. The maximum absolute atomic E-state index is 14.3. The van der Waals surface area contributed by atoms with Gasteiger partial charge in [0, 0.05) is 36.7 Å². The molecule has 2 aromatic rings. The molecular weight excluding hydrogens is 335 g/mol. The van der Waals surface area contributed by atoms with Crippen LogP contribution in [0.3, 0.4) is 0 Å². The lowest BCUT2D eigenvalue weighted by Crippen LogP contribution is -2.27. The van der Waals surface area contributed by atoms with Crippen molar-refractivity contribution in [2.45, 2.75) is 45.9 Å². The number of aliphatic imine (C=N–C) groups is 1. The van der Waals surface area contributed by atoms with Gasteiger partial charge >= 0.3 is 0 Å². The summed E-state index contributed by atoms with van der Waals surface area (Å²) in [6, 6.07) is 0. The summed E-state index contributed by atoms with van der Waals surface area (Å²) >= 11 is 0. The summed E-state index contributed by atoms with van der Waals surface area (Å²) < 4.78 is 27.7. The fourth-order valence-electron chi connectivity index (χ4n) is 3.38. The van der Waals surface area contributed by atoms with Crippen molar-refractivity contribution in [3.05, 3.63) is 41.1 Å². The van der Waals surface area contributed by atoms with Gasteiger partial charge in [-0.1, -0.05) is 13.8 Å². The molecule has 4 heterocycles. The minimum Gasteiger partial charge on any atom is -0.474 e. The van der Waals surface area contributed by atoms with E-state index in [0.717, 1.165) is 24.9 Å². The third-order valence-electron chi connectivity index (χ3n) is 4.64. The van der Waals surface area contributed by atoms with E-state index in [-0.39, 0.29) is 11.9 Å². The first-order valence-corrected chi connectivity index (χ1v) is 9.11. The minimum atomic E-state index is -0.340. The average molecular weight is 358 g/mol. The van der Waals surface area contributed by atoms with Gasteiger partial charge in [0.15, 0.2) is 0 Å². The molecule has 0 bridgehead atoms. The van der Waals surface area contributed by atoms with Crippen LogP contribution in [0, 0.1) is 11.7 Å². The molecule has 0 aliphatic carbocycles. The highest BCUT2D eigenvalue weighted by molar-refractivity contribution is 6.16. The van der Waals surface area contributed by atoms with Crippen LogP contribution in [0.5, 0.6) is 5.88 Å². The van der Waals surface area contributed by atoms with Crippen molar-refractivity contribution in [3.8, 4) is 5.88 Å². The Morgan fingerprint density at radius 3 is 2.88 bits per heavy atom. The summed E-state index contributed by atoms with van der Waals surface area (Å²) in [5, 5.41) is 4.41. The number of pyridine rings is 1. The number of halogens is 1. The molecule has 0 saturated carbocycles. The van der Waals surface area contributed by atoms with Crippen LogP contribution < -0.4 is 4.74 Å². The van der Waals surface area contributed by atoms with Crippen LogP contribution in [0.15, 0.2) is 23.6 Å². The van der Waals surface area contributed by atoms with Crippen LogP contribution in [0.2, 0.25) is 0 Å². The van der Waals surface area contributed by atoms with Crippen molar-refractivity contribution in [2.75, 3.05) is 13.2 Å². The van der Waals surface area contributed by atoms with Gasteiger partial charge in [-0.25, -0.2) is 9.37 Å². The van der Waals surface area contributed by atoms with E-state index < -0.39 is 0 Å². The lowest BCUT2D eigenvalue weighted by Gasteiger charge is -2.24. The van der Waals surface area contributed by atoms with E-state index in [1.807, 2.05) is 10.9 Å². The van der Waals surface area contributed by atoms with Gasteiger partial charge < -0.3 is 9.47 Å². The number of rotatable bonds is 5. The topological polar surface area (TPSA) is 61.5 Å². The summed E-state index contributed by atoms with van der Waals surface area (Å²) in [5.41, 5.74) is 2.80. The van der Waals surface area contributed by atoms with Crippen molar-refractivity contribution in [1.29, 1.82) is 0 Å². The molecule has 0 radical (unpaired) electrons. The van der Waals surface area contributed by atoms with Crippen molar-refractivity contribution < 1.29 is 13.9 Å². The predicted octanol–water partition coefficient (Wildman–Crippen LogP) is 2.98. The molecule has 0 spiro atoms. The Bertz CT molecular complexity index is 825. The molecule has 0 unspecified atom stereocenters. The molecule has 1 saturated heterocycles. The summed E-state index contributed by atoms with van der Waals surface area (Å²) in [6.07, 6.45) is 6.63. The highest BCUT2D eigenvalue weighted by Gasteiger charge is 2.29. The van der Waals surface area contributed by atoms with Gasteiger partial charge in [-0.05, 0) is 5.92 Å². The SMILES string of the molecule is CC(C)Cn1cc(C2=NCc3c(F)cnc(OC4CCOCC4)c32)cn1. The lowest BCUT2D eigenvalue weighted by molar-refractivity contribution is 0.0236. The summed E-state index contributed by atoms with van der Waals surface area (Å²) in [4.78, 5) is 8.79. The first kappa shape index (κ1) is 17.1. The van der Waals surface area contributed by atoms with Crippen molar-refractivity contribution >= 4 is 5.71 Å². The fourth-order valence-corrected chi connectivity index (χ4v) is 3.38. The molecule has 2 aliphatic rings. The third-order valence-corrected chi connectivity index (χ3v) is 4.64. The largest absolute Gasteiger partial charge is 0.474 e. The Kier molecular flexibility index (Phi) is 4.72. The molecule has 4 rings (SSSR count). The zero-order chi connectivity index (χ0) is 18.1.